The van der Waals surface area contributed by atoms with Gasteiger partial charge in [0, 0.05) is 40.2 Å². The molecule has 0 amide bonds. The van der Waals surface area contributed by atoms with Crippen LogP contribution in [0.4, 0.5) is 22.7 Å². The van der Waals surface area contributed by atoms with Crippen LogP contribution in [0.25, 0.3) is 34.1 Å². The molecule has 0 atom stereocenters. The summed E-state index contributed by atoms with van der Waals surface area (Å²) in [4.78, 5) is 7.99. The van der Waals surface area contributed by atoms with Crippen molar-refractivity contribution in [2.75, 3.05) is 34.9 Å². The number of hydrogen-bond donors (Lipinski definition) is 0. The highest BCUT2D eigenvalue weighted by atomic mass is 32.3. The monoisotopic (exact) mass is 746 g/mol. The third-order valence-corrected chi connectivity index (χ3v) is 17.2. The molecule has 7 aromatic rings. The summed E-state index contributed by atoms with van der Waals surface area (Å²) in [6.45, 7) is 5.90. The van der Waals surface area contributed by atoms with Crippen LogP contribution >= 0.6 is 10.0 Å². The molecule has 56 heavy (non-hydrogen) atoms. The van der Waals surface area contributed by atoms with Gasteiger partial charge in [0.05, 0.1) is 11.4 Å². The number of aryl methyl sites for hydroxylation is 1. The van der Waals surface area contributed by atoms with E-state index in [2.05, 4.69) is 195 Å². The van der Waals surface area contributed by atoms with E-state index in [0.29, 0.717) is 0 Å². The SMILES string of the molecule is CC1(C)c2ccccc2-c2ccc(/C=C/c3ccc4cc(N5c6ccccc6S6(CCCC6)c6ccccc65)ccc4c3)cc21.CN1CCCc2ccccc21. The van der Waals surface area contributed by atoms with E-state index in [4.69, 9.17) is 0 Å². The third kappa shape index (κ3) is 5.79. The van der Waals surface area contributed by atoms with E-state index >= 15 is 0 Å². The van der Waals surface area contributed by atoms with Gasteiger partial charge < -0.3 is 9.80 Å². The zero-order valence-corrected chi connectivity index (χ0v) is 33.7. The lowest BCUT2D eigenvalue weighted by Crippen LogP contribution is -2.24. The largest absolute Gasteiger partial charge is 0.374 e. The van der Waals surface area contributed by atoms with Crippen LogP contribution in [0.2, 0.25) is 0 Å². The first kappa shape index (κ1) is 34.9. The quantitative estimate of drug-likeness (QED) is 0.166. The van der Waals surface area contributed by atoms with E-state index in [0.717, 1.165) is 0 Å². The second kappa shape index (κ2) is 13.9. The third-order valence-electron chi connectivity index (χ3n) is 12.8. The molecule has 0 aromatic heterocycles. The van der Waals surface area contributed by atoms with Crippen molar-refractivity contribution >= 4 is 55.7 Å². The molecule has 0 saturated carbocycles. The number of nitrogens with zero attached hydrogens (tertiary/aromatic N) is 2. The summed E-state index contributed by atoms with van der Waals surface area (Å²) in [6, 6.07) is 56.7. The predicted octanol–water partition coefficient (Wildman–Crippen LogP) is 14.2. The van der Waals surface area contributed by atoms with Crippen molar-refractivity contribution in [1.29, 1.82) is 0 Å². The topological polar surface area (TPSA) is 6.48 Å². The van der Waals surface area contributed by atoms with Crippen LogP contribution in [-0.4, -0.2) is 25.1 Å². The lowest BCUT2D eigenvalue weighted by atomic mass is 9.82. The summed E-state index contributed by atoms with van der Waals surface area (Å²) in [5.41, 5.74) is 15.0. The highest BCUT2D eigenvalue weighted by molar-refractivity contribution is 8.34. The second-order valence-electron chi connectivity index (χ2n) is 16.5. The molecule has 0 unspecified atom stereocenters. The maximum absolute atomic E-state index is 2.52. The summed E-state index contributed by atoms with van der Waals surface area (Å²) in [7, 11) is 1.19. The Morgan fingerprint density at radius 2 is 1.12 bits per heavy atom. The molecule has 2 nitrogen and oxygen atoms in total. The normalized spacial score (nSPS) is 17.4. The van der Waals surface area contributed by atoms with Gasteiger partial charge >= 0.3 is 0 Å². The van der Waals surface area contributed by atoms with Crippen molar-refractivity contribution in [1.82, 2.24) is 0 Å². The van der Waals surface area contributed by atoms with E-state index in [1.165, 1.54) is 116 Å². The Bertz CT molecular complexity index is 2590. The van der Waals surface area contributed by atoms with E-state index < -0.39 is 10.0 Å². The number of rotatable bonds is 3. The molecule has 1 fully saturated rings. The average molecular weight is 747 g/mol. The predicted molar refractivity (Wildman–Crippen MR) is 243 cm³/mol. The molecule has 1 spiro atoms. The average Bonchev–Trinajstić information content (AvgIpc) is 3.82. The first-order valence-electron chi connectivity index (χ1n) is 20.4. The molecule has 3 heteroatoms. The summed E-state index contributed by atoms with van der Waals surface area (Å²) in [5.74, 6) is 2.64. The van der Waals surface area contributed by atoms with Crippen LogP contribution in [-0.2, 0) is 11.8 Å². The smallest absolute Gasteiger partial charge is 0.0586 e. The molecule has 1 aliphatic carbocycles. The van der Waals surface area contributed by atoms with Gasteiger partial charge in [-0.3, -0.25) is 0 Å². The van der Waals surface area contributed by atoms with E-state index in [-0.39, 0.29) is 5.41 Å². The Morgan fingerprint density at radius 3 is 1.88 bits per heavy atom. The van der Waals surface area contributed by atoms with Gasteiger partial charge in [-0.25, -0.2) is 0 Å². The van der Waals surface area contributed by atoms with Crippen molar-refractivity contribution in [3.63, 3.8) is 0 Å². The van der Waals surface area contributed by atoms with Gasteiger partial charge in [-0.1, -0.05) is 129 Å². The highest BCUT2D eigenvalue weighted by Crippen LogP contribution is 2.73. The van der Waals surface area contributed by atoms with Crippen LogP contribution in [0.5, 0.6) is 0 Å². The van der Waals surface area contributed by atoms with Crippen molar-refractivity contribution in [2.24, 2.45) is 0 Å². The van der Waals surface area contributed by atoms with E-state index in [1.54, 1.807) is 9.79 Å². The van der Waals surface area contributed by atoms with E-state index in [9.17, 15) is 0 Å². The first-order chi connectivity index (χ1) is 27.4. The summed E-state index contributed by atoms with van der Waals surface area (Å²) in [5, 5.41) is 2.54. The van der Waals surface area contributed by atoms with Crippen LogP contribution in [0.15, 0.2) is 161 Å². The maximum Gasteiger partial charge on any atom is 0.0586 e. The fourth-order valence-electron chi connectivity index (χ4n) is 9.94. The molecular formula is C53H50N2S. The van der Waals surface area contributed by atoms with Crippen LogP contribution in [0.1, 0.15) is 60.9 Å². The van der Waals surface area contributed by atoms with Gasteiger partial charge in [-0.15, -0.1) is 0 Å². The summed E-state index contributed by atoms with van der Waals surface area (Å²) < 4.78 is 0. The van der Waals surface area contributed by atoms with Crippen LogP contribution < -0.4 is 9.80 Å². The van der Waals surface area contributed by atoms with Crippen LogP contribution in [0.3, 0.4) is 0 Å². The summed E-state index contributed by atoms with van der Waals surface area (Å²) in [6.07, 6.45) is 9.74. The molecule has 3 heterocycles. The van der Waals surface area contributed by atoms with Gasteiger partial charge in [-0.2, -0.15) is 10.0 Å². The van der Waals surface area contributed by atoms with Gasteiger partial charge in [0.1, 0.15) is 0 Å². The number of fused-ring (bicyclic) bond motifs is 9. The van der Waals surface area contributed by atoms with Gasteiger partial charge in [0.25, 0.3) is 0 Å². The molecular weight excluding hydrogens is 697 g/mol. The lowest BCUT2D eigenvalue weighted by molar-refractivity contribution is 0.660. The minimum absolute atomic E-state index is 0.0187. The molecule has 278 valence electrons. The molecule has 7 aromatic carbocycles. The Kier molecular flexibility index (Phi) is 8.67. The van der Waals surface area contributed by atoms with Crippen molar-refractivity contribution in [3.05, 3.63) is 179 Å². The second-order valence-corrected chi connectivity index (χ2v) is 20.0. The molecule has 3 aliphatic heterocycles. The zero-order chi connectivity index (χ0) is 37.9. The summed E-state index contributed by atoms with van der Waals surface area (Å²) >= 11 is 0. The Labute approximate surface area is 334 Å². The standard InChI is InChI=1S/C43H37NS.C10H13N/c1-43(2)37-12-4-3-11-35(37)36-24-20-31(28-38(36)43)18-17-30-19-21-33-29-34(23-22-32(33)27-30)44-39-13-5-7-15-41(39)45(25-9-10-26-45)42-16-8-6-14-40(42)44;1-11-8-4-6-9-5-2-3-7-10(9)11/h3-8,11-24,27-29H,9-10,25-26H2,1-2H3;2-3,5,7H,4,6,8H2,1H3/b18-17+;. The van der Waals surface area contributed by atoms with Gasteiger partial charge in [-0.05, 0) is 135 Å². The van der Waals surface area contributed by atoms with Crippen molar-refractivity contribution < 1.29 is 0 Å². The Balaban J connectivity index is 0.000000300. The zero-order valence-electron chi connectivity index (χ0n) is 32.8. The minimum Gasteiger partial charge on any atom is -0.374 e. The van der Waals surface area contributed by atoms with Crippen molar-refractivity contribution in [2.45, 2.75) is 54.7 Å². The first-order valence-corrected chi connectivity index (χ1v) is 22.4. The molecule has 11 rings (SSSR count). The molecule has 1 saturated heterocycles. The van der Waals surface area contributed by atoms with Crippen LogP contribution in [0, 0.1) is 0 Å². The number of hydrogen-bond acceptors (Lipinski definition) is 2. The fourth-order valence-corrected chi connectivity index (χ4v) is 14.5. The minimum atomic E-state index is -0.972. The fraction of sp³-hybridized carbons (Fsp3) is 0.208. The number of para-hydroxylation sites is 3. The molecule has 4 aliphatic rings. The van der Waals surface area contributed by atoms with Crippen molar-refractivity contribution in [3.8, 4) is 11.1 Å². The Hall–Kier alpha value is -5.51. The number of benzene rings is 7. The van der Waals surface area contributed by atoms with Gasteiger partial charge in [0.2, 0.25) is 0 Å². The molecule has 0 N–H and O–H groups in total. The number of anilines is 4. The van der Waals surface area contributed by atoms with E-state index in [1.807, 2.05) is 0 Å². The molecule has 0 radical (unpaired) electrons. The Morgan fingerprint density at radius 1 is 0.536 bits per heavy atom. The molecule has 0 bridgehead atoms. The van der Waals surface area contributed by atoms with Gasteiger partial charge in [0.15, 0.2) is 0 Å². The lowest BCUT2D eigenvalue weighted by Gasteiger charge is -2.47. The maximum atomic E-state index is 2.52. The highest BCUT2D eigenvalue weighted by Gasteiger charge is 2.41.